The van der Waals surface area contributed by atoms with Crippen LogP contribution in [0.3, 0.4) is 0 Å². The van der Waals surface area contributed by atoms with Crippen molar-refractivity contribution in [3.8, 4) is 0 Å². The molecular weight excluding hydrogens is 258 g/mol. The summed E-state index contributed by atoms with van der Waals surface area (Å²) in [5.41, 5.74) is 0.786. The Bertz CT molecular complexity index is 437. The first-order valence-electron chi connectivity index (χ1n) is 6.66. The number of nitrogens with one attached hydrogen (secondary N) is 1. The first-order valence-corrected chi connectivity index (χ1v) is 6.66. The molecule has 20 heavy (non-hydrogen) atoms. The maximum atomic E-state index is 11.9. The van der Waals surface area contributed by atoms with E-state index in [1.807, 2.05) is 25.1 Å². The quantitative estimate of drug-likeness (QED) is 0.796. The number of urea groups is 1. The van der Waals surface area contributed by atoms with Gasteiger partial charge in [-0.15, -0.1) is 0 Å². The third-order valence-electron chi connectivity index (χ3n) is 2.96. The lowest BCUT2D eigenvalue weighted by atomic mass is 10.0. The van der Waals surface area contributed by atoms with Gasteiger partial charge in [-0.3, -0.25) is 9.78 Å². The van der Waals surface area contributed by atoms with E-state index in [4.69, 9.17) is 5.11 Å². The number of hydrogen-bond donors (Lipinski definition) is 2. The third-order valence-corrected chi connectivity index (χ3v) is 2.96. The molecule has 1 aromatic heterocycles. The van der Waals surface area contributed by atoms with Gasteiger partial charge in [0, 0.05) is 19.8 Å². The van der Waals surface area contributed by atoms with Gasteiger partial charge in [-0.25, -0.2) is 4.79 Å². The number of carbonyl (C=O) groups is 2. The number of carbonyl (C=O) groups excluding carboxylic acids is 1. The average molecular weight is 279 g/mol. The second-order valence-corrected chi connectivity index (χ2v) is 4.69. The van der Waals surface area contributed by atoms with Crippen LogP contribution in [0.4, 0.5) is 4.79 Å². The van der Waals surface area contributed by atoms with Gasteiger partial charge in [-0.1, -0.05) is 19.4 Å². The number of amides is 2. The minimum atomic E-state index is -0.875. The zero-order valence-electron chi connectivity index (χ0n) is 11.9. The standard InChI is InChI=1S/C14H21N3O3/c1-3-6-11(13(18)19)9-16-14(20)17(2)10-12-7-4-5-8-15-12/h4-5,7-8,11H,3,6,9-10H2,1-2H3,(H,16,20)(H,18,19). The summed E-state index contributed by atoms with van der Waals surface area (Å²) in [6.45, 7) is 2.46. The molecule has 0 spiro atoms. The Morgan fingerprint density at radius 2 is 2.20 bits per heavy atom. The second kappa shape index (κ2) is 8.14. The molecule has 110 valence electrons. The van der Waals surface area contributed by atoms with Crippen LogP contribution in [-0.2, 0) is 11.3 Å². The van der Waals surface area contributed by atoms with Gasteiger partial charge in [-0.05, 0) is 18.6 Å². The molecule has 2 amide bonds. The SMILES string of the molecule is CCCC(CNC(=O)N(C)Cc1ccccn1)C(=O)O. The van der Waals surface area contributed by atoms with E-state index < -0.39 is 11.9 Å². The summed E-state index contributed by atoms with van der Waals surface area (Å²) in [5, 5.41) is 11.7. The highest BCUT2D eigenvalue weighted by Crippen LogP contribution is 2.05. The molecule has 6 heteroatoms. The van der Waals surface area contributed by atoms with E-state index >= 15 is 0 Å². The fraction of sp³-hybridized carbons (Fsp3) is 0.500. The Balaban J connectivity index is 2.43. The van der Waals surface area contributed by atoms with E-state index in [-0.39, 0.29) is 12.6 Å². The normalized spacial score (nSPS) is 11.7. The van der Waals surface area contributed by atoms with E-state index in [2.05, 4.69) is 10.3 Å². The Morgan fingerprint density at radius 1 is 1.45 bits per heavy atom. The van der Waals surface area contributed by atoms with Crippen molar-refractivity contribution in [2.75, 3.05) is 13.6 Å². The number of pyridine rings is 1. The summed E-state index contributed by atoms with van der Waals surface area (Å²) >= 11 is 0. The van der Waals surface area contributed by atoms with Crippen LogP contribution in [0.15, 0.2) is 24.4 Å². The van der Waals surface area contributed by atoms with Gasteiger partial charge in [0.1, 0.15) is 0 Å². The first kappa shape index (κ1) is 15.9. The van der Waals surface area contributed by atoms with Crippen LogP contribution >= 0.6 is 0 Å². The highest BCUT2D eigenvalue weighted by molar-refractivity contribution is 5.75. The van der Waals surface area contributed by atoms with Crippen LogP contribution in [0.25, 0.3) is 0 Å². The van der Waals surface area contributed by atoms with Crippen molar-refractivity contribution in [2.24, 2.45) is 5.92 Å². The Hall–Kier alpha value is -2.11. The third kappa shape index (κ3) is 5.26. The lowest BCUT2D eigenvalue weighted by molar-refractivity contribution is -0.141. The topological polar surface area (TPSA) is 82.5 Å². The molecule has 1 aromatic rings. The summed E-state index contributed by atoms with van der Waals surface area (Å²) in [4.78, 5) is 28.5. The molecule has 2 N–H and O–H groups in total. The monoisotopic (exact) mass is 279 g/mol. The van der Waals surface area contributed by atoms with Crippen LogP contribution in [-0.4, -0.2) is 40.6 Å². The van der Waals surface area contributed by atoms with Gasteiger partial charge >= 0.3 is 12.0 Å². The van der Waals surface area contributed by atoms with Gasteiger partial charge in [0.2, 0.25) is 0 Å². The largest absolute Gasteiger partial charge is 0.481 e. The zero-order valence-corrected chi connectivity index (χ0v) is 11.9. The van der Waals surface area contributed by atoms with Gasteiger partial charge < -0.3 is 15.3 Å². The molecule has 0 aliphatic carbocycles. The van der Waals surface area contributed by atoms with Gasteiger partial charge in [0.25, 0.3) is 0 Å². The molecule has 1 rings (SSSR count). The van der Waals surface area contributed by atoms with E-state index in [0.717, 1.165) is 12.1 Å². The Kier molecular flexibility index (Phi) is 6.49. The highest BCUT2D eigenvalue weighted by atomic mass is 16.4. The van der Waals surface area contributed by atoms with Crippen molar-refractivity contribution in [3.63, 3.8) is 0 Å². The summed E-state index contributed by atoms with van der Waals surface area (Å²) in [6, 6.07) is 5.21. The summed E-state index contributed by atoms with van der Waals surface area (Å²) in [6.07, 6.45) is 3.00. The molecule has 6 nitrogen and oxygen atoms in total. The molecule has 0 aliphatic heterocycles. The number of carboxylic acid groups (broad SMARTS) is 1. The molecule has 1 unspecified atom stereocenters. The predicted octanol–water partition coefficient (Wildman–Crippen LogP) is 1.72. The van der Waals surface area contributed by atoms with E-state index in [1.165, 1.54) is 4.90 Å². The molecule has 1 atom stereocenters. The lowest BCUT2D eigenvalue weighted by Crippen LogP contribution is -2.40. The minimum absolute atomic E-state index is 0.147. The van der Waals surface area contributed by atoms with Crippen molar-refractivity contribution >= 4 is 12.0 Å². The van der Waals surface area contributed by atoms with Gasteiger partial charge in [0.05, 0.1) is 18.2 Å². The number of carboxylic acids is 1. The molecule has 0 saturated heterocycles. The van der Waals surface area contributed by atoms with Gasteiger partial charge in [0.15, 0.2) is 0 Å². The molecule has 0 fully saturated rings. The van der Waals surface area contributed by atoms with Crippen molar-refractivity contribution in [2.45, 2.75) is 26.3 Å². The van der Waals surface area contributed by atoms with E-state index in [0.29, 0.717) is 13.0 Å². The second-order valence-electron chi connectivity index (χ2n) is 4.69. The first-order chi connectivity index (χ1) is 9.54. The molecule has 0 radical (unpaired) electrons. The maximum absolute atomic E-state index is 11.9. The number of nitrogens with zero attached hydrogens (tertiary/aromatic N) is 2. The van der Waals surface area contributed by atoms with Crippen LogP contribution in [0.1, 0.15) is 25.5 Å². The number of aromatic nitrogens is 1. The molecule has 1 heterocycles. The van der Waals surface area contributed by atoms with Crippen molar-refractivity contribution in [1.29, 1.82) is 0 Å². The fourth-order valence-electron chi connectivity index (χ4n) is 1.81. The summed E-state index contributed by atoms with van der Waals surface area (Å²) < 4.78 is 0. The predicted molar refractivity (Wildman–Crippen MR) is 75.1 cm³/mol. The van der Waals surface area contributed by atoms with Crippen LogP contribution in [0.2, 0.25) is 0 Å². The zero-order chi connectivity index (χ0) is 15.0. The fourth-order valence-corrected chi connectivity index (χ4v) is 1.81. The summed E-state index contributed by atoms with van der Waals surface area (Å²) in [5.74, 6) is -1.41. The maximum Gasteiger partial charge on any atom is 0.317 e. The van der Waals surface area contributed by atoms with E-state index in [1.54, 1.807) is 13.2 Å². The van der Waals surface area contributed by atoms with Crippen LogP contribution < -0.4 is 5.32 Å². The molecule has 0 aromatic carbocycles. The Morgan fingerprint density at radius 3 is 2.75 bits per heavy atom. The molecule has 0 saturated carbocycles. The van der Waals surface area contributed by atoms with Crippen molar-refractivity contribution in [3.05, 3.63) is 30.1 Å². The lowest BCUT2D eigenvalue weighted by Gasteiger charge is -2.19. The number of hydrogen-bond acceptors (Lipinski definition) is 3. The van der Waals surface area contributed by atoms with Crippen LogP contribution in [0, 0.1) is 5.92 Å². The number of aliphatic carboxylic acids is 1. The Labute approximate surface area is 118 Å². The van der Waals surface area contributed by atoms with Crippen LogP contribution in [0.5, 0.6) is 0 Å². The molecule has 0 aliphatic rings. The van der Waals surface area contributed by atoms with Crippen molar-refractivity contribution < 1.29 is 14.7 Å². The van der Waals surface area contributed by atoms with Gasteiger partial charge in [-0.2, -0.15) is 0 Å². The smallest absolute Gasteiger partial charge is 0.317 e. The molecule has 0 bridgehead atoms. The summed E-state index contributed by atoms with van der Waals surface area (Å²) in [7, 11) is 1.65. The van der Waals surface area contributed by atoms with Crippen molar-refractivity contribution in [1.82, 2.24) is 15.2 Å². The average Bonchev–Trinajstić information content (AvgIpc) is 2.43. The minimum Gasteiger partial charge on any atom is -0.481 e. The van der Waals surface area contributed by atoms with E-state index in [9.17, 15) is 9.59 Å². The highest BCUT2D eigenvalue weighted by Gasteiger charge is 2.18. The molecular formula is C14H21N3O3. The number of rotatable bonds is 7.